The van der Waals surface area contributed by atoms with Crippen LogP contribution in [-0.4, -0.2) is 48.5 Å². The largest absolute Gasteiger partial charge is 0.454 e. The first-order valence-electron chi connectivity index (χ1n) is 11.6. The summed E-state index contributed by atoms with van der Waals surface area (Å²) in [6.45, 7) is 3.32. The van der Waals surface area contributed by atoms with Crippen LogP contribution >= 0.6 is 11.3 Å². The van der Waals surface area contributed by atoms with E-state index in [2.05, 4.69) is 15.5 Å². The maximum atomic E-state index is 13.0. The SMILES string of the molecule is C[C@@H](C(=O)Nc1sc2c(c1C(N)=O)CCC2)N1CCC(C(=O)Nc2ccc3c(c2)OCO3)CC1. The molecule has 1 aliphatic carbocycles. The number of hydrogen-bond acceptors (Lipinski definition) is 7. The summed E-state index contributed by atoms with van der Waals surface area (Å²) in [6.07, 6.45) is 4.09. The van der Waals surface area contributed by atoms with Gasteiger partial charge in [-0.05, 0) is 69.8 Å². The number of aryl methyl sites for hydroxylation is 1. The lowest BCUT2D eigenvalue weighted by Crippen LogP contribution is -2.47. The van der Waals surface area contributed by atoms with E-state index in [1.807, 2.05) is 6.92 Å². The predicted molar refractivity (Wildman–Crippen MR) is 128 cm³/mol. The van der Waals surface area contributed by atoms with Crippen molar-refractivity contribution in [2.45, 2.75) is 45.1 Å². The predicted octanol–water partition coefficient (Wildman–Crippen LogP) is 2.74. The van der Waals surface area contributed by atoms with Gasteiger partial charge >= 0.3 is 0 Å². The molecule has 0 unspecified atom stereocenters. The van der Waals surface area contributed by atoms with Crippen LogP contribution < -0.4 is 25.8 Å². The van der Waals surface area contributed by atoms with Crippen LogP contribution in [0.2, 0.25) is 0 Å². The van der Waals surface area contributed by atoms with Crippen LogP contribution in [0.25, 0.3) is 0 Å². The third-order valence-corrected chi connectivity index (χ3v) is 8.08. The van der Waals surface area contributed by atoms with Crippen molar-refractivity contribution in [3.63, 3.8) is 0 Å². The smallest absolute Gasteiger partial charge is 0.251 e. The van der Waals surface area contributed by atoms with Gasteiger partial charge in [-0.2, -0.15) is 0 Å². The molecule has 0 spiro atoms. The van der Waals surface area contributed by atoms with Crippen LogP contribution in [-0.2, 0) is 22.4 Å². The number of thiophene rings is 1. The second-order valence-corrected chi connectivity index (χ2v) is 10.1. The van der Waals surface area contributed by atoms with Crippen molar-refractivity contribution in [1.82, 2.24) is 4.90 Å². The molecule has 5 rings (SSSR count). The number of ether oxygens (including phenoxy) is 2. The molecule has 0 radical (unpaired) electrons. The summed E-state index contributed by atoms with van der Waals surface area (Å²) in [5.41, 5.74) is 7.75. The minimum atomic E-state index is -0.489. The minimum Gasteiger partial charge on any atom is -0.454 e. The van der Waals surface area contributed by atoms with Crippen molar-refractivity contribution in [2.24, 2.45) is 11.7 Å². The molecule has 1 aromatic carbocycles. The Bertz CT molecular complexity index is 1140. The summed E-state index contributed by atoms with van der Waals surface area (Å²) in [5.74, 6) is 0.493. The van der Waals surface area contributed by atoms with E-state index in [1.165, 1.54) is 11.3 Å². The summed E-state index contributed by atoms with van der Waals surface area (Å²) >= 11 is 1.46. The van der Waals surface area contributed by atoms with E-state index in [0.29, 0.717) is 53.7 Å². The zero-order valence-electron chi connectivity index (χ0n) is 19.0. The van der Waals surface area contributed by atoms with Crippen molar-refractivity contribution in [3.05, 3.63) is 34.2 Å². The molecule has 3 amide bonds. The molecule has 1 atom stereocenters. The number of hydrogen-bond donors (Lipinski definition) is 3. The molecule has 1 fully saturated rings. The third-order valence-electron chi connectivity index (χ3n) is 6.87. The number of primary amides is 1. The molecule has 10 heteroatoms. The summed E-state index contributed by atoms with van der Waals surface area (Å²) < 4.78 is 10.7. The molecule has 4 N–H and O–H groups in total. The Kier molecular flexibility index (Phi) is 6.18. The van der Waals surface area contributed by atoms with E-state index in [9.17, 15) is 14.4 Å². The van der Waals surface area contributed by atoms with Crippen LogP contribution in [0.1, 0.15) is 47.0 Å². The van der Waals surface area contributed by atoms with Gasteiger partial charge in [0, 0.05) is 22.5 Å². The lowest BCUT2D eigenvalue weighted by molar-refractivity contribution is -0.123. The van der Waals surface area contributed by atoms with Crippen molar-refractivity contribution < 1.29 is 23.9 Å². The van der Waals surface area contributed by atoms with E-state index < -0.39 is 5.91 Å². The Morgan fingerprint density at radius 2 is 1.88 bits per heavy atom. The molecular formula is C24H28N4O5S. The molecular weight excluding hydrogens is 456 g/mol. The lowest BCUT2D eigenvalue weighted by Gasteiger charge is -2.34. The first-order valence-corrected chi connectivity index (χ1v) is 12.4. The van der Waals surface area contributed by atoms with E-state index in [4.69, 9.17) is 15.2 Å². The molecule has 0 bridgehead atoms. The highest BCUT2D eigenvalue weighted by molar-refractivity contribution is 7.17. The van der Waals surface area contributed by atoms with Gasteiger partial charge in [0.25, 0.3) is 5.91 Å². The van der Waals surface area contributed by atoms with Gasteiger partial charge in [0.05, 0.1) is 11.6 Å². The molecule has 180 valence electrons. The number of likely N-dealkylation sites (tertiary alicyclic amines) is 1. The maximum absolute atomic E-state index is 13.0. The quantitative estimate of drug-likeness (QED) is 0.579. The third kappa shape index (κ3) is 4.35. The van der Waals surface area contributed by atoms with Gasteiger partial charge in [0.2, 0.25) is 18.6 Å². The first kappa shape index (κ1) is 22.7. The number of benzene rings is 1. The van der Waals surface area contributed by atoms with Crippen LogP contribution in [0, 0.1) is 5.92 Å². The van der Waals surface area contributed by atoms with Gasteiger partial charge in [0.1, 0.15) is 5.00 Å². The van der Waals surface area contributed by atoms with Crippen molar-refractivity contribution >= 4 is 39.7 Å². The fourth-order valence-corrected chi connectivity index (χ4v) is 6.20. The van der Waals surface area contributed by atoms with Crippen molar-refractivity contribution in [2.75, 3.05) is 30.5 Å². The number of nitrogens with zero attached hydrogens (tertiary/aromatic N) is 1. The first-order chi connectivity index (χ1) is 16.4. The Morgan fingerprint density at radius 3 is 2.65 bits per heavy atom. The van der Waals surface area contributed by atoms with E-state index >= 15 is 0 Å². The van der Waals surface area contributed by atoms with Crippen LogP contribution in [0.3, 0.4) is 0 Å². The molecule has 34 heavy (non-hydrogen) atoms. The van der Waals surface area contributed by atoms with Crippen molar-refractivity contribution in [1.29, 1.82) is 0 Å². The second-order valence-electron chi connectivity index (χ2n) is 8.96. The highest BCUT2D eigenvalue weighted by Crippen LogP contribution is 2.39. The number of nitrogens with one attached hydrogen (secondary N) is 2. The van der Waals surface area contributed by atoms with Gasteiger partial charge in [-0.15, -0.1) is 11.3 Å². The topological polar surface area (TPSA) is 123 Å². The van der Waals surface area contributed by atoms with E-state index in [-0.39, 0.29) is 30.6 Å². The average molecular weight is 485 g/mol. The molecule has 3 heterocycles. The number of fused-ring (bicyclic) bond motifs is 2. The van der Waals surface area contributed by atoms with Gasteiger partial charge in [-0.3, -0.25) is 19.3 Å². The fourth-order valence-electron chi connectivity index (χ4n) is 4.90. The molecule has 1 saturated heterocycles. The number of rotatable bonds is 6. The zero-order chi connectivity index (χ0) is 23.8. The van der Waals surface area contributed by atoms with Gasteiger partial charge in [-0.1, -0.05) is 0 Å². The van der Waals surface area contributed by atoms with Gasteiger partial charge in [0.15, 0.2) is 11.5 Å². The normalized spacial score (nSPS) is 18.4. The lowest BCUT2D eigenvalue weighted by atomic mass is 9.94. The molecule has 2 aliphatic heterocycles. The second kappa shape index (κ2) is 9.27. The summed E-state index contributed by atoms with van der Waals surface area (Å²) in [7, 11) is 0. The Balaban J connectivity index is 1.15. The number of anilines is 2. The van der Waals surface area contributed by atoms with E-state index in [1.54, 1.807) is 18.2 Å². The highest BCUT2D eigenvalue weighted by Gasteiger charge is 2.32. The number of amides is 3. The summed E-state index contributed by atoms with van der Waals surface area (Å²) in [4.78, 5) is 40.9. The van der Waals surface area contributed by atoms with Gasteiger partial charge in [-0.25, -0.2) is 0 Å². The fraction of sp³-hybridized carbons (Fsp3) is 0.458. The Morgan fingerprint density at radius 1 is 1.12 bits per heavy atom. The molecule has 0 saturated carbocycles. The summed E-state index contributed by atoms with van der Waals surface area (Å²) in [5, 5.41) is 6.46. The standard InChI is InChI=1S/C24H28N4O5S/c1-13(22(30)27-24-20(21(25)29)16-3-2-4-19(16)34-24)28-9-7-14(8-10-28)23(31)26-15-5-6-17-18(11-15)33-12-32-17/h5-6,11,13-14H,2-4,7-10,12H2,1H3,(H2,25,29)(H,26,31)(H,27,30)/t13-/m0/s1. The molecule has 1 aromatic heterocycles. The Hall–Kier alpha value is -3.11. The van der Waals surface area contributed by atoms with Gasteiger partial charge < -0.3 is 25.8 Å². The van der Waals surface area contributed by atoms with Crippen LogP contribution in [0.5, 0.6) is 11.5 Å². The average Bonchev–Trinajstić information content (AvgIpc) is 3.54. The highest BCUT2D eigenvalue weighted by atomic mass is 32.1. The van der Waals surface area contributed by atoms with Crippen LogP contribution in [0.15, 0.2) is 18.2 Å². The number of piperidine rings is 1. The molecule has 9 nitrogen and oxygen atoms in total. The number of carbonyl (C=O) groups is 3. The minimum absolute atomic E-state index is 0.0326. The summed E-state index contributed by atoms with van der Waals surface area (Å²) in [6, 6.07) is 4.97. The van der Waals surface area contributed by atoms with Crippen molar-refractivity contribution in [3.8, 4) is 11.5 Å². The molecule has 2 aromatic rings. The van der Waals surface area contributed by atoms with Crippen LogP contribution in [0.4, 0.5) is 10.7 Å². The van der Waals surface area contributed by atoms with E-state index in [0.717, 1.165) is 29.7 Å². The monoisotopic (exact) mass is 484 g/mol. The molecule has 3 aliphatic rings. The number of nitrogens with two attached hydrogens (primary N) is 1. The number of carbonyl (C=O) groups excluding carboxylic acids is 3. The zero-order valence-corrected chi connectivity index (χ0v) is 19.8. The Labute approximate surface area is 201 Å². The maximum Gasteiger partial charge on any atom is 0.251 e.